The maximum Gasteiger partial charge on any atom is 0.276 e. The van der Waals surface area contributed by atoms with E-state index in [0.29, 0.717) is 13.1 Å². The third-order valence-corrected chi connectivity index (χ3v) is 5.97. The molecule has 0 aliphatic rings. The van der Waals surface area contributed by atoms with Crippen molar-refractivity contribution in [1.82, 2.24) is 4.31 Å². The molecular weight excluding hydrogens is 332 g/mol. The van der Waals surface area contributed by atoms with Gasteiger partial charge in [0.1, 0.15) is 0 Å². The van der Waals surface area contributed by atoms with E-state index in [4.69, 9.17) is 5.14 Å². The Kier molecular flexibility index (Phi) is 17.2. The Bertz CT molecular complexity index is 352. The summed E-state index contributed by atoms with van der Waals surface area (Å²) < 4.78 is 24.9. The van der Waals surface area contributed by atoms with E-state index < -0.39 is 10.2 Å². The third-order valence-electron chi connectivity index (χ3n) is 4.88. The van der Waals surface area contributed by atoms with Gasteiger partial charge in [-0.15, -0.1) is 0 Å². The van der Waals surface area contributed by atoms with Crippen molar-refractivity contribution in [2.24, 2.45) is 5.14 Å². The van der Waals surface area contributed by atoms with Crippen molar-refractivity contribution in [1.29, 1.82) is 0 Å². The largest absolute Gasteiger partial charge is 0.276 e. The van der Waals surface area contributed by atoms with E-state index in [1.54, 1.807) is 0 Å². The normalized spacial score (nSPS) is 12.2. The van der Waals surface area contributed by atoms with Gasteiger partial charge in [0.15, 0.2) is 0 Å². The zero-order valence-electron chi connectivity index (χ0n) is 17.0. The quantitative estimate of drug-likeness (QED) is 0.291. The van der Waals surface area contributed by atoms with Crippen LogP contribution < -0.4 is 5.14 Å². The van der Waals surface area contributed by atoms with Gasteiger partial charge in [-0.25, -0.2) is 5.14 Å². The number of nitrogens with two attached hydrogens (primary N) is 1. The molecule has 0 unspecified atom stereocenters. The van der Waals surface area contributed by atoms with Crippen LogP contribution >= 0.6 is 0 Å². The van der Waals surface area contributed by atoms with Crippen molar-refractivity contribution in [3.05, 3.63) is 0 Å². The first kappa shape index (κ1) is 24.9. The van der Waals surface area contributed by atoms with Gasteiger partial charge >= 0.3 is 0 Å². The van der Waals surface area contributed by atoms with Gasteiger partial charge in [-0.1, -0.05) is 104 Å². The van der Waals surface area contributed by atoms with E-state index in [-0.39, 0.29) is 0 Å². The molecule has 0 aromatic heterocycles. The molecule has 0 rings (SSSR count). The second-order valence-corrected chi connectivity index (χ2v) is 8.94. The van der Waals surface area contributed by atoms with Crippen LogP contribution in [0.25, 0.3) is 0 Å². The molecule has 4 nitrogen and oxygen atoms in total. The van der Waals surface area contributed by atoms with Gasteiger partial charge in [-0.2, -0.15) is 12.7 Å². The average Bonchev–Trinajstić information content (AvgIpc) is 2.56. The fraction of sp³-hybridized carbons (Fsp3) is 1.00. The SMILES string of the molecule is CCCCCCCCCCN(CCCCCCCCCC)S(N)(=O)=O. The number of hydrogen-bond donors (Lipinski definition) is 1. The van der Waals surface area contributed by atoms with E-state index in [0.717, 1.165) is 25.7 Å². The lowest BCUT2D eigenvalue weighted by Crippen LogP contribution is -2.38. The van der Waals surface area contributed by atoms with Crippen molar-refractivity contribution in [3.63, 3.8) is 0 Å². The summed E-state index contributed by atoms with van der Waals surface area (Å²) in [5.41, 5.74) is 0. The molecule has 25 heavy (non-hydrogen) atoms. The van der Waals surface area contributed by atoms with Crippen LogP contribution in [0.2, 0.25) is 0 Å². The molecule has 0 aromatic rings. The second kappa shape index (κ2) is 17.3. The van der Waals surface area contributed by atoms with E-state index >= 15 is 0 Å². The molecule has 0 saturated heterocycles. The summed E-state index contributed by atoms with van der Waals surface area (Å²) in [5.74, 6) is 0. The Hall–Kier alpha value is -0.130. The van der Waals surface area contributed by atoms with Gasteiger partial charge in [-0.3, -0.25) is 0 Å². The maximum absolute atomic E-state index is 11.7. The lowest BCUT2D eigenvalue weighted by molar-refractivity contribution is 0.383. The molecule has 0 aliphatic heterocycles. The summed E-state index contributed by atoms with van der Waals surface area (Å²) >= 11 is 0. The molecule has 2 N–H and O–H groups in total. The molecule has 0 saturated carbocycles. The molecule has 0 aromatic carbocycles. The van der Waals surface area contributed by atoms with Crippen LogP contribution in [0.5, 0.6) is 0 Å². The molecule has 0 bridgehead atoms. The van der Waals surface area contributed by atoms with E-state index in [1.165, 1.54) is 81.4 Å². The summed E-state index contributed by atoms with van der Waals surface area (Å²) in [5, 5.41) is 5.37. The molecule has 0 radical (unpaired) electrons. The molecule has 152 valence electrons. The fourth-order valence-electron chi connectivity index (χ4n) is 3.21. The lowest BCUT2D eigenvalue weighted by atomic mass is 10.1. The molecule has 0 atom stereocenters. The molecule has 0 aliphatic carbocycles. The second-order valence-electron chi connectivity index (χ2n) is 7.39. The van der Waals surface area contributed by atoms with Crippen LogP contribution in [0, 0.1) is 0 Å². The lowest BCUT2D eigenvalue weighted by Gasteiger charge is -2.19. The smallest absolute Gasteiger partial charge is 0.216 e. The highest BCUT2D eigenvalue weighted by Gasteiger charge is 2.15. The van der Waals surface area contributed by atoms with Crippen molar-refractivity contribution in [3.8, 4) is 0 Å². The molecule has 0 amide bonds. The number of rotatable bonds is 19. The summed E-state index contributed by atoms with van der Waals surface area (Å²) in [4.78, 5) is 0. The van der Waals surface area contributed by atoms with Gasteiger partial charge in [0.25, 0.3) is 10.2 Å². The van der Waals surface area contributed by atoms with Crippen LogP contribution in [0.4, 0.5) is 0 Å². The Morgan fingerprint density at radius 1 is 0.560 bits per heavy atom. The zero-order valence-corrected chi connectivity index (χ0v) is 17.8. The van der Waals surface area contributed by atoms with E-state index in [1.807, 2.05) is 0 Å². The third kappa shape index (κ3) is 17.1. The predicted octanol–water partition coefficient (Wildman–Crippen LogP) is 5.77. The van der Waals surface area contributed by atoms with Crippen LogP contribution in [-0.4, -0.2) is 25.8 Å². The van der Waals surface area contributed by atoms with Gasteiger partial charge < -0.3 is 0 Å². The van der Waals surface area contributed by atoms with Crippen molar-refractivity contribution >= 4 is 10.2 Å². The van der Waals surface area contributed by atoms with Crippen molar-refractivity contribution in [2.75, 3.05) is 13.1 Å². The van der Waals surface area contributed by atoms with Crippen LogP contribution in [0.15, 0.2) is 0 Å². The Labute approximate surface area is 158 Å². The van der Waals surface area contributed by atoms with Crippen LogP contribution in [0.1, 0.15) is 117 Å². The molecule has 0 spiro atoms. The monoisotopic (exact) mass is 376 g/mol. The molecule has 0 heterocycles. The minimum atomic E-state index is -3.54. The van der Waals surface area contributed by atoms with Gasteiger partial charge in [0.2, 0.25) is 0 Å². The Morgan fingerprint density at radius 3 is 1.12 bits per heavy atom. The highest BCUT2D eigenvalue weighted by molar-refractivity contribution is 7.86. The van der Waals surface area contributed by atoms with E-state index in [9.17, 15) is 8.42 Å². The number of unbranched alkanes of at least 4 members (excludes halogenated alkanes) is 14. The minimum Gasteiger partial charge on any atom is -0.216 e. The highest BCUT2D eigenvalue weighted by Crippen LogP contribution is 2.12. The summed E-state index contributed by atoms with van der Waals surface area (Å²) in [6.07, 6.45) is 19.5. The summed E-state index contributed by atoms with van der Waals surface area (Å²) in [6.45, 7) is 5.64. The molecule has 5 heteroatoms. The van der Waals surface area contributed by atoms with Crippen LogP contribution in [-0.2, 0) is 10.2 Å². The van der Waals surface area contributed by atoms with E-state index in [2.05, 4.69) is 13.8 Å². The van der Waals surface area contributed by atoms with Gasteiger partial charge in [-0.05, 0) is 12.8 Å². The standard InChI is InChI=1S/C20H44N2O2S/c1-3-5-7-9-11-13-15-17-19-22(25(21,23)24)20-18-16-14-12-10-8-6-4-2/h3-20H2,1-2H3,(H2,21,23,24). The highest BCUT2D eigenvalue weighted by atomic mass is 32.2. The van der Waals surface area contributed by atoms with Gasteiger partial charge in [0, 0.05) is 13.1 Å². The minimum absolute atomic E-state index is 0.588. The zero-order chi connectivity index (χ0) is 18.8. The van der Waals surface area contributed by atoms with Crippen molar-refractivity contribution < 1.29 is 8.42 Å². The number of nitrogens with zero attached hydrogens (tertiary/aromatic N) is 1. The first-order chi connectivity index (χ1) is 12.0. The van der Waals surface area contributed by atoms with Gasteiger partial charge in [0.05, 0.1) is 0 Å². The molecule has 0 fully saturated rings. The predicted molar refractivity (Wildman–Crippen MR) is 110 cm³/mol. The average molecular weight is 377 g/mol. The molecular formula is C20H44N2O2S. The number of hydrogen-bond acceptors (Lipinski definition) is 2. The first-order valence-corrected chi connectivity index (χ1v) is 12.3. The fourth-order valence-corrected chi connectivity index (χ4v) is 3.98. The Morgan fingerprint density at radius 2 is 0.840 bits per heavy atom. The first-order valence-electron chi connectivity index (χ1n) is 10.8. The summed E-state index contributed by atoms with van der Waals surface area (Å²) in [6, 6.07) is 0. The Balaban J connectivity index is 3.70. The van der Waals surface area contributed by atoms with Crippen LogP contribution in [0.3, 0.4) is 0 Å². The van der Waals surface area contributed by atoms with Crippen molar-refractivity contribution in [2.45, 2.75) is 117 Å². The topological polar surface area (TPSA) is 63.4 Å². The maximum atomic E-state index is 11.7. The summed E-state index contributed by atoms with van der Waals surface area (Å²) in [7, 11) is -3.54.